The molecule has 0 radical (unpaired) electrons. The van der Waals surface area contributed by atoms with E-state index in [0.717, 1.165) is 6.26 Å². The molecule has 0 bridgehead atoms. The van der Waals surface area contributed by atoms with Gasteiger partial charge >= 0.3 is 0 Å². The minimum Gasteiger partial charge on any atom is -0.328 e. The van der Waals surface area contributed by atoms with Gasteiger partial charge in [0.1, 0.15) is 0 Å². The molecule has 0 aliphatic carbocycles. The number of hydrogen-bond donors (Lipinski definition) is 1. The summed E-state index contributed by atoms with van der Waals surface area (Å²) in [5, 5.41) is 9.60. The summed E-state index contributed by atoms with van der Waals surface area (Å²) in [7, 11) is -3.37. The number of aromatic nitrogens is 2. The maximum atomic E-state index is 13.0. The highest BCUT2D eigenvalue weighted by Gasteiger charge is 2.20. The molecule has 4 rings (SSSR count). The van der Waals surface area contributed by atoms with E-state index in [1.54, 1.807) is 54.9 Å². The number of nitriles is 1. The topological polar surface area (TPSA) is 104 Å². The van der Waals surface area contributed by atoms with Crippen molar-refractivity contribution in [2.75, 3.05) is 6.26 Å². The summed E-state index contributed by atoms with van der Waals surface area (Å²) in [5.41, 5.74) is 3.34. The van der Waals surface area contributed by atoms with E-state index in [-0.39, 0.29) is 10.5 Å². The van der Waals surface area contributed by atoms with Crippen molar-refractivity contribution in [3.63, 3.8) is 0 Å². The van der Waals surface area contributed by atoms with Gasteiger partial charge in [0.15, 0.2) is 9.84 Å². The lowest BCUT2D eigenvalue weighted by Crippen LogP contribution is -2.12. The van der Waals surface area contributed by atoms with Crippen LogP contribution < -0.4 is 5.56 Å². The largest absolute Gasteiger partial charge is 0.328 e. The molecular formula is C24H17N3O3S. The van der Waals surface area contributed by atoms with E-state index in [9.17, 15) is 18.5 Å². The molecule has 1 N–H and O–H groups in total. The van der Waals surface area contributed by atoms with E-state index in [1.807, 2.05) is 12.1 Å². The number of aromatic amines is 1. The van der Waals surface area contributed by atoms with Gasteiger partial charge in [-0.1, -0.05) is 36.4 Å². The molecule has 2 aromatic heterocycles. The van der Waals surface area contributed by atoms with Crippen molar-refractivity contribution in [3.05, 3.63) is 95.0 Å². The van der Waals surface area contributed by atoms with Gasteiger partial charge in [-0.3, -0.25) is 9.78 Å². The molecule has 0 unspecified atom stereocenters. The zero-order valence-electron chi connectivity index (χ0n) is 16.5. The van der Waals surface area contributed by atoms with Crippen LogP contribution in [0.3, 0.4) is 0 Å². The number of nitrogens with zero attached hydrogens (tertiary/aromatic N) is 2. The van der Waals surface area contributed by atoms with Gasteiger partial charge in [0.25, 0.3) is 5.56 Å². The SMILES string of the molecule is CS(=O)(=O)c1ccc(-c2c(-c3ccccn3)c[nH]c(=O)c2-c2ccccc2C#N)cc1. The van der Waals surface area contributed by atoms with Crippen LogP contribution in [0.1, 0.15) is 5.56 Å². The lowest BCUT2D eigenvalue weighted by molar-refractivity contribution is 0.602. The molecule has 0 atom stereocenters. The Morgan fingerprint density at radius 1 is 0.903 bits per heavy atom. The number of H-pyrrole nitrogens is 1. The highest BCUT2D eigenvalue weighted by atomic mass is 32.2. The quantitative estimate of drug-likeness (QED) is 0.529. The maximum Gasteiger partial charge on any atom is 0.256 e. The molecule has 0 aliphatic heterocycles. The first-order valence-corrected chi connectivity index (χ1v) is 11.3. The fraction of sp³-hybridized carbons (Fsp3) is 0.0417. The van der Waals surface area contributed by atoms with Gasteiger partial charge in [-0.25, -0.2) is 8.42 Å². The van der Waals surface area contributed by atoms with Crippen LogP contribution in [0.4, 0.5) is 0 Å². The van der Waals surface area contributed by atoms with E-state index in [0.29, 0.717) is 39.1 Å². The molecule has 152 valence electrons. The van der Waals surface area contributed by atoms with Crippen molar-refractivity contribution in [1.29, 1.82) is 5.26 Å². The molecule has 6 nitrogen and oxygen atoms in total. The second-order valence-corrected chi connectivity index (χ2v) is 8.97. The van der Waals surface area contributed by atoms with Gasteiger partial charge in [0.2, 0.25) is 0 Å². The number of rotatable bonds is 4. The number of pyridine rings is 2. The molecule has 7 heteroatoms. The number of benzene rings is 2. The first kappa shape index (κ1) is 20.3. The monoisotopic (exact) mass is 427 g/mol. The zero-order valence-corrected chi connectivity index (χ0v) is 17.3. The van der Waals surface area contributed by atoms with Crippen LogP contribution in [0.5, 0.6) is 0 Å². The summed E-state index contributed by atoms with van der Waals surface area (Å²) in [6.45, 7) is 0. The fourth-order valence-corrected chi connectivity index (χ4v) is 4.11. The van der Waals surface area contributed by atoms with E-state index in [2.05, 4.69) is 16.0 Å². The summed E-state index contributed by atoms with van der Waals surface area (Å²) in [5.74, 6) is 0. The molecular weight excluding hydrogens is 410 g/mol. The summed E-state index contributed by atoms with van der Waals surface area (Å²) in [6.07, 6.45) is 4.38. The third-order valence-corrected chi connectivity index (χ3v) is 6.05. The van der Waals surface area contributed by atoms with Gasteiger partial charge in [-0.05, 0) is 35.9 Å². The third kappa shape index (κ3) is 3.89. The number of nitrogens with one attached hydrogen (secondary N) is 1. The maximum absolute atomic E-state index is 13.0. The Hall–Kier alpha value is -4.02. The Balaban J connectivity index is 2.09. The lowest BCUT2D eigenvalue weighted by Gasteiger charge is -2.16. The molecule has 0 saturated heterocycles. The Kier molecular flexibility index (Phi) is 5.24. The van der Waals surface area contributed by atoms with Crippen molar-refractivity contribution >= 4 is 9.84 Å². The second kappa shape index (κ2) is 8.01. The van der Waals surface area contributed by atoms with Gasteiger partial charge in [0, 0.05) is 35.3 Å². The fourth-order valence-electron chi connectivity index (χ4n) is 3.48. The summed E-state index contributed by atoms with van der Waals surface area (Å²) in [6, 6.07) is 20.8. The Morgan fingerprint density at radius 2 is 1.61 bits per heavy atom. The Labute approximate surface area is 179 Å². The lowest BCUT2D eigenvalue weighted by atomic mass is 9.89. The van der Waals surface area contributed by atoms with Crippen LogP contribution in [-0.4, -0.2) is 24.6 Å². The van der Waals surface area contributed by atoms with Crippen LogP contribution in [-0.2, 0) is 9.84 Å². The van der Waals surface area contributed by atoms with Gasteiger partial charge in [0.05, 0.1) is 27.8 Å². The molecule has 0 aliphatic rings. The standard InChI is InChI=1S/C24H17N3O3S/c1-31(29,30)18-11-9-16(10-12-18)22-20(21-8-4-5-13-26-21)15-27-24(28)23(22)19-7-3-2-6-17(19)14-25/h2-13,15H,1H3,(H,27,28). The number of sulfone groups is 1. The summed E-state index contributed by atoms with van der Waals surface area (Å²) >= 11 is 0. The molecule has 0 spiro atoms. The highest BCUT2D eigenvalue weighted by molar-refractivity contribution is 7.90. The molecule has 0 fully saturated rings. The summed E-state index contributed by atoms with van der Waals surface area (Å²) < 4.78 is 23.8. The van der Waals surface area contributed by atoms with Crippen LogP contribution >= 0.6 is 0 Å². The minimum atomic E-state index is -3.37. The normalized spacial score (nSPS) is 11.1. The van der Waals surface area contributed by atoms with Gasteiger partial charge < -0.3 is 4.98 Å². The van der Waals surface area contributed by atoms with Gasteiger partial charge in [-0.2, -0.15) is 5.26 Å². The molecule has 2 aromatic carbocycles. The van der Waals surface area contributed by atoms with Crippen LogP contribution in [0.15, 0.2) is 88.8 Å². The van der Waals surface area contributed by atoms with Crippen molar-refractivity contribution in [3.8, 4) is 39.6 Å². The van der Waals surface area contributed by atoms with Crippen LogP contribution in [0.25, 0.3) is 33.5 Å². The molecule has 0 amide bonds. The number of hydrogen-bond acceptors (Lipinski definition) is 5. The van der Waals surface area contributed by atoms with E-state index in [4.69, 9.17) is 0 Å². The second-order valence-electron chi connectivity index (χ2n) is 6.95. The minimum absolute atomic E-state index is 0.180. The third-order valence-electron chi connectivity index (χ3n) is 4.92. The predicted molar refractivity (Wildman–Crippen MR) is 119 cm³/mol. The van der Waals surface area contributed by atoms with E-state index < -0.39 is 9.84 Å². The smallest absolute Gasteiger partial charge is 0.256 e. The Morgan fingerprint density at radius 3 is 2.26 bits per heavy atom. The summed E-state index contributed by atoms with van der Waals surface area (Å²) in [4.78, 5) is 20.4. The van der Waals surface area contributed by atoms with Crippen LogP contribution in [0, 0.1) is 11.3 Å². The zero-order chi connectivity index (χ0) is 22.0. The predicted octanol–water partition coefficient (Wildman–Crippen LogP) is 4.05. The Bertz CT molecular complexity index is 1470. The van der Waals surface area contributed by atoms with Crippen molar-refractivity contribution in [2.45, 2.75) is 4.90 Å². The van der Waals surface area contributed by atoms with Crippen LogP contribution in [0.2, 0.25) is 0 Å². The van der Waals surface area contributed by atoms with Crippen molar-refractivity contribution in [2.24, 2.45) is 0 Å². The first-order chi connectivity index (χ1) is 14.9. The van der Waals surface area contributed by atoms with Crippen molar-refractivity contribution < 1.29 is 8.42 Å². The molecule has 31 heavy (non-hydrogen) atoms. The first-order valence-electron chi connectivity index (χ1n) is 9.37. The average molecular weight is 427 g/mol. The van der Waals surface area contributed by atoms with Crippen molar-refractivity contribution in [1.82, 2.24) is 9.97 Å². The average Bonchev–Trinajstić information content (AvgIpc) is 2.79. The van der Waals surface area contributed by atoms with E-state index in [1.165, 1.54) is 12.1 Å². The molecule has 2 heterocycles. The molecule has 0 saturated carbocycles. The van der Waals surface area contributed by atoms with Gasteiger partial charge in [-0.15, -0.1) is 0 Å². The molecule has 4 aromatic rings. The van der Waals surface area contributed by atoms with E-state index >= 15 is 0 Å². The highest BCUT2D eigenvalue weighted by Crippen LogP contribution is 2.38.